The molecule has 0 radical (unpaired) electrons. The maximum Gasteiger partial charge on any atom is 0.303 e. The summed E-state index contributed by atoms with van der Waals surface area (Å²) in [6.45, 7) is 4.17. The van der Waals surface area contributed by atoms with E-state index in [2.05, 4.69) is 5.32 Å². The van der Waals surface area contributed by atoms with E-state index in [1.165, 1.54) is 42.5 Å². The third kappa shape index (κ3) is 6.34. The van der Waals surface area contributed by atoms with Crippen molar-refractivity contribution in [2.24, 2.45) is 5.41 Å². The fourth-order valence-electron chi connectivity index (χ4n) is 4.09. The molecule has 2 aromatic carbocycles. The number of carbonyl (C=O) groups excluding carboxylic acids is 1. The maximum absolute atomic E-state index is 14.0. The number of hydrogen-bond acceptors (Lipinski definition) is 4. The molecule has 184 valence electrons. The van der Waals surface area contributed by atoms with Crippen LogP contribution in [0.25, 0.3) is 0 Å². The number of hydrogen-bond donors (Lipinski definition) is 2. The summed E-state index contributed by atoms with van der Waals surface area (Å²) in [5.41, 5.74) is 0.508. The Bertz CT molecular complexity index is 1170. The smallest absolute Gasteiger partial charge is 0.303 e. The van der Waals surface area contributed by atoms with Crippen molar-refractivity contribution in [1.82, 2.24) is 9.62 Å². The minimum Gasteiger partial charge on any atom is -0.481 e. The highest BCUT2D eigenvalue weighted by molar-refractivity contribution is 7.89. The highest BCUT2D eigenvalue weighted by Gasteiger charge is 2.41. The van der Waals surface area contributed by atoms with E-state index in [1.54, 1.807) is 0 Å². The molecule has 2 N–H and O–H groups in total. The van der Waals surface area contributed by atoms with Gasteiger partial charge >= 0.3 is 5.97 Å². The second-order valence-electron chi connectivity index (χ2n) is 9.24. The predicted octanol–water partition coefficient (Wildman–Crippen LogP) is 3.99. The van der Waals surface area contributed by atoms with Crippen LogP contribution in [0.3, 0.4) is 0 Å². The molecule has 34 heavy (non-hydrogen) atoms. The fraction of sp³-hybridized carbons (Fsp3) is 0.417. The fourth-order valence-corrected chi connectivity index (χ4v) is 5.78. The van der Waals surface area contributed by atoms with Gasteiger partial charge in [-0.2, -0.15) is 4.31 Å². The van der Waals surface area contributed by atoms with E-state index in [0.717, 1.165) is 4.31 Å². The number of nitrogens with zero attached hydrogens (tertiary/aromatic N) is 1. The van der Waals surface area contributed by atoms with E-state index in [0.29, 0.717) is 29.1 Å². The summed E-state index contributed by atoms with van der Waals surface area (Å²) in [4.78, 5) is 24.1. The number of aliphatic carboxylic acids is 1. The molecule has 3 rings (SSSR count). The van der Waals surface area contributed by atoms with Gasteiger partial charge in [0.2, 0.25) is 15.9 Å². The highest BCUT2D eigenvalue weighted by atomic mass is 35.5. The maximum atomic E-state index is 14.0. The molecule has 7 nitrogen and oxygen atoms in total. The number of sulfonamides is 1. The van der Waals surface area contributed by atoms with Crippen LogP contribution in [-0.2, 0) is 32.6 Å². The molecule has 0 unspecified atom stereocenters. The van der Waals surface area contributed by atoms with Gasteiger partial charge in [0.1, 0.15) is 11.9 Å². The zero-order valence-electron chi connectivity index (χ0n) is 19.1. The summed E-state index contributed by atoms with van der Waals surface area (Å²) in [7, 11) is -4.17. The Labute approximate surface area is 204 Å². The molecule has 0 spiro atoms. The Morgan fingerprint density at radius 3 is 2.53 bits per heavy atom. The van der Waals surface area contributed by atoms with Crippen molar-refractivity contribution >= 4 is 33.5 Å². The number of carbonyl (C=O) groups is 2. The topological polar surface area (TPSA) is 104 Å². The van der Waals surface area contributed by atoms with Crippen LogP contribution < -0.4 is 5.32 Å². The SMILES string of the molecule is CC1(C)CCNC(=O)[C@H](N(Cc2ccc(F)cc2CCC(=O)O)S(=O)(=O)c2ccc(Cl)cc2)C1. The van der Waals surface area contributed by atoms with Gasteiger partial charge in [0.15, 0.2) is 0 Å². The van der Waals surface area contributed by atoms with Gasteiger partial charge in [-0.3, -0.25) is 9.59 Å². The first kappa shape index (κ1) is 26.1. The van der Waals surface area contributed by atoms with Crippen molar-refractivity contribution in [1.29, 1.82) is 0 Å². The lowest BCUT2D eigenvalue weighted by molar-refractivity contribution is -0.137. The van der Waals surface area contributed by atoms with Gasteiger partial charge in [-0.1, -0.05) is 31.5 Å². The van der Waals surface area contributed by atoms with Crippen molar-refractivity contribution in [2.75, 3.05) is 6.54 Å². The highest BCUT2D eigenvalue weighted by Crippen LogP contribution is 2.34. The molecular weight excluding hydrogens is 483 g/mol. The van der Waals surface area contributed by atoms with Gasteiger partial charge in [-0.15, -0.1) is 0 Å². The number of aryl methyl sites for hydroxylation is 1. The molecule has 1 heterocycles. The lowest BCUT2D eigenvalue weighted by Crippen LogP contribution is -2.49. The van der Waals surface area contributed by atoms with Crippen LogP contribution in [-0.4, -0.2) is 42.3 Å². The Hall–Kier alpha value is -2.49. The minimum atomic E-state index is -4.17. The lowest BCUT2D eigenvalue weighted by atomic mass is 9.83. The number of amides is 1. The summed E-state index contributed by atoms with van der Waals surface area (Å²) < 4.78 is 42.7. The minimum absolute atomic E-state index is 0.0269. The number of halogens is 2. The van der Waals surface area contributed by atoms with Gasteiger partial charge in [-0.25, -0.2) is 12.8 Å². The van der Waals surface area contributed by atoms with Crippen LogP contribution in [0.1, 0.15) is 44.2 Å². The Balaban J connectivity index is 2.10. The van der Waals surface area contributed by atoms with E-state index in [9.17, 15) is 22.4 Å². The monoisotopic (exact) mass is 510 g/mol. The first-order chi connectivity index (χ1) is 15.9. The third-order valence-electron chi connectivity index (χ3n) is 6.02. The molecular formula is C24H28ClFN2O5S. The lowest BCUT2D eigenvalue weighted by Gasteiger charge is -2.33. The quantitative estimate of drug-likeness (QED) is 0.559. The molecule has 1 saturated heterocycles. The summed E-state index contributed by atoms with van der Waals surface area (Å²) in [5, 5.41) is 12.3. The molecule has 0 aliphatic carbocycles. The first-order valence-electron chi connectivity index (χ1n) is 10.9. The van der Waals surface area contributed by atoms with Gasteiger partial charge < -0.3 is 10.4 Å². The predicted molar refractivity (Wildman–Crippen MR) is 126 cm³/mol. The molecule has 1 atom stereocenters. The van der Waals surface area contributed by atoms with Crippen molar-refractivity contribution in [3.63, 3.8) is 0 Å². The largest absolute Gasteiger partial charge is 0.481 e. The van der Waals surface area contributed by atoms with Gasteiger partial charge in [-0.05, 0) is 72.2 Å². The molecule has 1 aliphatic rings. The van der Waals surface area contributed by atoms with Crippen LogP contribution in [0.5, 0.6) is 0 Å². The molecule has 0 aromatic heterocycles. The van der Waals surface area contributed by atoms with Gasteiger partial charge in [0, 0.05) is 24.5 Å². The molecule has 1 fully saturated rings. The van der Waals surface area contributed by atoms with Crippen LogP contribution in [0, 0.1) is 11.2 Å². The molecule has 10 heteroatoms. The van der Waals surface area contributed by atoms with E-state index in [4.69, 9.17) is 16.7 Å². The second-order valence-corrected chi connectivity index (χ2v) is 11.6. The Kier molecular flexibility index (Phi) is 8.00. The van der Waals surface area contributed by atoms with Crippen LogP contribution in [0.4, 0.5) is 4.39 Å². The summed E-state index contributed by atoms with van der Waals surface area (Å²) in [6.07, 6.45) is 0.763. The van der Waals surface area contributed by atoms with Crippen molar-refractivity contribution < 1.29 is 27.5 Å². The van der Waals surface area contributed by atoms with Crippen molar-refractivity contribution in [2.45, 2.75) is 57.0 Å². The summed E-state index contributed by atoms with van der Waals surface area (Å²) in [6, 6.07) is 8.51. The zero-order valence-corrected chi connectivity index (χ0v) is 20.6. The Morgan fingerprint density at radius 2 is 1.88 bits per heavy atom. The van der Waals surface area contributed by atoms with E-state index in [-0.39, 0.29) is 36.1 Å². The van der Waals surface area contributed by atoms with E-state index >= 15 is 0 Å². The zero-order chi connectivity index (χ0) is 25.1. The number of rotatable bonds is 8. The summed E-state index contributed by atoms with van der Waals surface area (Å²) in [5.74, 6) is -2.01. The standard InChI is InChI=1S/C24H28ClFN2O5S/c1-24(2)11-12-27-23(31)21(14-24)28(34(32,33)20-8-5-18(25)6-9-20)15-17-3-7-19(26)13-16(17)4-10-22(29)30/h3,5-9,13,21H,4,10-12,14-15H2,1-2H3,(H,27,31)(H,29,30)/t21-/m1/s1. The molecule has 2 aromatic rings. The average molecular weight is 511 g/mol. The van der Waals surface area contributed by atoms with Crippen LogP contribution in [0.2, 0.25) is 5.02 Å². The number of nitrogens with one attached hydrogen (secondary N) is 1. The summed E-state index contributed by atoms with van der Waals surface area (Å²) >= 11 is 5.94. The Morgan fingerprint density at radius 1 is 1.21 bits per heavy atom. The number of carboxylic acid groups (broad SMARTS) is 1. The molecule has 1 aliphatic heterocycles. The van der Waals surface area contributed by atoms with Crippen molar-refractivity contribution in [3.05, 3.63) is 64.4 Å². The molecule has 0 saturated carbocycles. The normalized spacial score (nSPS) is 18.4. The third-order valence-corrected chi connectivity index (χ3v) is 8.14. The van der Waals surface area contributed by atoms with E-state index < -0.39 is 33.8 Å². The van der Waals surface area contributed by atoms with Gasteiger partial charge in [0.05, 0.1) is 4.90 Å². The van der Waals surface area contributed by atoms with Gasteiger partial charge in [0.25, 0.3) is 0 Å². The molecule has 1 amide bonds. The number of benzene rings is 2. The second kappa shape index (κ2) is 10.4. The van der Waals surface area contributed by atoms with Crippen LogP contribution in [0.15, 0.2) is 47.4 Å². The number of carboxylic acids is 1. The van der Waals surface area contributed by atoms with E-state index in [1.807, 2.05) is 13.8 Å². The molecule has 0 bridgehead atoms. The first-order valence-corrected chi connectivity index (χ1v) is 12.7. The van der Waals surface area contributed by atoms with Crippen LogP contribution >= 0.6 is 11.6 Å². The van der Waals surface area contributed by atoms with Crippen molar-refractivity contribution in [3.8, 4) is 0 Å². The average Bonchev–Trinajstić information content (AvgIpc) is 2.88.